The van der Waals surface area contributed by atoms with Crippen LogP contribution in [-0.4, -0.2) is 82.9 Å². The van der Waals surface area contributed by atoms with E-state index in [1.54, 1.807) is 47.1 Å². The molecule has 2 aromatic carbocycles. The Morgan fingerprint density at radius 1 is 1.15 bits per heavy atom. The largest absolute Gasteiger partial charge is 0.494 e. The second kappa shape index (κ2) is 13.0. The Bertz CT molecular complexity index is 1480. The summed E-state index contributed by atoms with van der Waals surface area (Å²) in [5.41, 5.74) is 9.38. The maximum atomic E-state index is 13.7. The fourth-order valence-corrected chi connectivity index (χ4v) is 4.43. The molecule has 0 unspecified atom stereocenters. The molecule has 40 heavy (non-hydrogen) atoms. The van der Waals surface area contributed by atoms with Gasteiger partial charge in [0.1, 0.15) is 0 Å². The van der Waals surface area contributed by atoms with Crippen molar-refractivity contribution in [3.05, 3.63) is 78.0 Å². The molecule has 4 aromatic rings. The Balaban J connectivity index is 0.000000186. The monoisotopic (exact) mass is 547 g/mol. The van der Waals surface area contributed by atoms with Crippen molar-refractivity contribution >= 4 is 23.3 Å². The van der Waals surface area contributed by atoms with Gasteiger partial charge in [-0.1, -0.05) is 18.2 Å². The predicted octanol–water partition coefficient (Wildman–Crippen LogP) is 3.02. The highest BCUT2D eigenvalue weighted by atomic mass is 19.1. The van der Waals surface area contributed by atoms with E-state index in [0.717, 1.165) is 37.4 Å². The molecule has 1 fully saturated rings. The number of imidazole rings is 1. The zero-order valence-electron chi connectivity index (χ0n) is 22.9. The number of carbonyl (C=O) groups excluding carboxylic acids is 2. The first kappa shape index (κ1) is 28.5. The number of anilines is 1. The number of hydrogen-bond acceptors (Lipinski definition) is 7. The molecule has 0 aliphatic carbocycles. The van der Waals surface area contributed by atoms with Gasteiger partial charge in [0.15, 0.2) is 23.0 Å². The average Bonchev–Trinajstić information content (AvgIpc) is 3.42. The third-order valence-corrected chi connectivity index (χ3v) is 6.76. The summed E-state index contributed by atoms with van der Waals surface area (Å²) in [7, 11) is 3.18. The summed E-state index contributed by atoms with van der Waals surface area (Å²) >= 11 is 0. The molecule has 1 saturated heterocycles. The number of fused-ring (bicyclic) bond motifs is 1. The summed E-state index contributed by atoms with van der Waals surface area (Å²) < 4.78 is 20.4. The molecule has 2 aromatic heterocycles. The fourth-order valence-electron chi connectivity index (χ4n) is 4.43. The summed E-state index contributed by atoms with van der Waals surface area (Å²) in [6, 6.07) is 12.3. The molecule has 0 saturated carbocycles. The number of hydrogen-bond donors (Lipinski definition) is 2. The van der Waals surface area contributed by atoms with Gasteiger partial charge in [0.05, 0.1) is 19.0 Å². The Labute approximate surface area is 232 Å². The van der Waals surface area contributed by atoms with Gasteiger partial charge in [-0.15, -0.1) is 0 Å². The third-order valence-electron chi connectivity index (χ3n) is 6.76. The first-order valence-corrected chi connectivity index (χ1v) is 13.0. The smallest absolute Gasteiger partial charge is 0.253 e. The summed E-state index contributed by atoms with van der Waals surface area (Å²) in [5.74, 6) is 0.223. The van der Waals surface area contributed by atoms with Crippen LogP contribution < -0.4 is 15.8 Å². The van der Waals surface area contributed by atoms with E-state index in [1.807, 2.05) is 36.1 Å². The van der Waals surface area contributed by atoms with Crippen LogP contribution in [0.15, 0.2) is 61.1 Å². The molecule has 0 bridgehead atoms. The maximum absolute atomic E-state index is 13.7. The summed E-state index contributed by atoms with van der Waals surface area (Å²) in [4.78, 5) is 36.1. The van der Waals surface area contributed by atoms with Gasteiger partial charge in [-0.2, -0.15) is 0 Å². The number of carbonyl (C=O) groups is 2. The molecule has 0 spiro atoms. The lowest BCUT2D eigenvalue weighted by Gasteiger charge is -2.28. The van der Waals surface area contributed by atoms with Gasteiger partial charge in [0.25, 0.3) is 5.91 Å². The van der Waals surface area contributed by atoms with Crippen molar-refractivity contribution in [3.8, 4) is 17.0 Å². The number of nitrogens with one attached hydrogen (secondary N) is 1. The van der Waals surface area contributed by atoms with Gasteiger partial charge >= 0.3 is 0 Å². The Hall–Kier alpha value is -4.51. The molecule has 1 aliphatic rings. The van der Waals surface area contributed by atoms with Gasteiger partial charge < -0.3 is 25.6 Å². The number of amides is 2. The molecular formula is C29H34FN7O3. The highest BCUT2D eigenvalue weighted by Crippen LogP contribution is 2.26. The number of nitrogens with two attached hydrogens (primary N) is 1. The molecule has 10 nitrogen and oxygen atoms in total. The number of piperazine rings is 1. The van der Waals surface area contributed by atoms with Crippen LogP contribution in [0.5, 0.6) is 5.75 Å². The lowest BCUT2D eigenvalue weighted by atomic mass is 10.1. The number of rotatable bonds is 6. The highest BCUT2D eigenvalue weighted by molar-refractivity contribution is 5.95. The highest BCUT2D eigenvalue weighted by Gasteiger charge is 2.19. The van der Waals surface area contributed by atoms with Crippen LogP contribution >= 0.6 is 0 Å². The lowest BCUT2D eigenvalue weighted by molar-refractivity contribution is -0.131. The van der Waals surface area contributed by atoms with Crippen LogP contribution in [-0.2, 0) is 4.79 Å². The number of benzene rings is 2. The molecule has 0 atom stereocenters. The number of halogens is 1. The van der Waals surface area contributed by atoms with Crippen molar-refractivity contribution < 1.29 is 18.7 Å². The molecule has 3 heterocycles. The molecule has 11 heteroatoms. The first-order valence-electron chi connectivity index (χ1n) is 13.0. The van der Waals surface area contributed by atoms with Crippen molar-refractivity contribution in [1.82, 2.24) is 29.5 Å². The van der Waals surface area contributed by atoms with E-state index < -0.39 is 5.82 Å². The van der Waals surface area contributed by atoms with Crippen LogP contribution in [0.4, 0.5) is 10.2 Å². The lowest BCUT2D eigenvalue weighted by Crippen LogP contribution is -2.47. The SMILES string of the molecule is COc1ccc(-c2cnc3c(N)nccn23)cc1F.Cc1ccccc1C(=O)N(C)CCC(=O)N1CCNCC1. The van der Waals surface area contributed by atoms with E-state index in [2.05, 4.69) is 15.3 Å². The standard InChI is InChI=1S/C16H23N3O2.C13H11FN4O/c1-13-5-3-4-6-14(13)16(21)18(2)10-7-15(20)19-11-8-17-9-12-19;1-19-11-3-2-8(6-9(11)14)10-7-17-13-12(15)16-4-5-18(10)13/h3-6,17H,7-12H2,1-2H3;2-7H,1H3,(H2,15,16). The number of methoxy groups -OCH3 is 1. The van der Waals surface area contributed by atoms with E-state index >= 15 is 0 Å². The molecule has 210 valence electrons. The summed E-state index contributed by atoms with van der Waals surface area (Å²) in [6.45, 7) is 5.60. The zero-order valence-corrected chi connectivity index (χ0v) is 22.9. The Kier molecular flexibility index (Phi) is 9.28. The molecule has 5 rings (SSSR count). The minimum absolute atomic E-state index is 0.0267. The third kappa shape index (κ3) is 6.55. The summed E-state index contributed by atoms with van der Waals surface area (Å²) in [5, 5.41) is 3.22. The van der Waals surface area contributed by atoms with Gasteiger partial charge in [-0.3, -0.25) is 14.0 Å². The molecule has 3 N–H and O–H groups in total. The number of aromatic nitrogens is 3. The van der Waals surface area contributed by atoms with Crippen molar-refractivity contribution in [1.29, 1.82) is 0 Å². The van der Waals surface area contributed by atoms with E-state index in [4.69, 9.17) is 10.5 Å². The second-order valence-corrected chi connectivity index (χ2v) is 9.42. The quantitative estimate of drug-likeness (QED) is 0.381. The number of nitrogens with zero attached hydrogens (tertiary/aromatic N) is 5. The molecule has 1 aliphatic heterocycles. The van der Waals surface area contributed by atoms with Crippen LogP contribution in [0, 0.1) is 12.7 Å². The van der Waals surface area contributed by atoms with Gasteiger partial charge in [-0.25, -0.2) is 14.4 Å². The van der Waals surface area contributed by atoms with Crippen molar-refractivity contribution in [2.75, 3.05) is 52.6 Å². The molecule has 2 amide bonds. The van der Waals surface area contributed by atoms with Gasteiger partial charge in [-0.05, 0) is 36.8 Å². The normalized spacial score (nSPS) is 12.9. The van der Waals surface area contributed by atoms with Gasteiger partial charge in [0, 0.05) is 69.7 Å². The topological polar surface area (TPSA) is 118 Å². The fraction of sp³-hybridized carbons (Fsp3) is 0.310. The first-order chi connectivity index (χ1) is 19.3. The minimum atomic E-state index is -0.419. The van der Waals surface area contributed by atoms with Crippen LogP contribution in [0.25, 0.3) is 16.9 Å². The van der Waals surface area contributed by atoms with Crippen molar-refractivity contribution in [3.63, 3.8) is 0 Å². The van der Waals surface area contributed by atoms with E-state index in [-0.39, 0.29) is 17.6 Å². The average molecular weight is 548 g/mol. The van der Waals surface area contributed by atoms with Crippen LogP contribution in [0.1, 0.15) is 22.3 Å². The van der Waals surface area contributed by atoms with Crippen molar-refractivity contribution in [2.45, 2.75) is 13.3 Å². The van der Waals surface area contributed by atoms with E-state index in [9.17, 15) is 14.0 Å². The summed E-state index contributed by atoms with van der Waals surface area (Å²) in [6.07, 6.45) is 5.33. The van der Waals surface area contributed by atoms with Crippen LogP contribution in [0.2, 0.25) is 0 Å². The Morgan fingerprint density at radius 3 is 2.60 bits per heavy atom. The second-order valence-electron chi connectivity index (χ2n) is 9.42. The Morgan fingerprint density at radius 2 is 1.90 bits per heavy atom. The van der Waals surface area contributed by atoms with Crippen LogP contribution in [0.3, 0.4) is 0 Å². The van der Waals surface area contributed by atoms with E-state index in [0.29, 0.717) is 35.6 Å². The van der Waals surface area contributed by atoms with Crippen molar-refractivity contribution in [2.24, 2.45) is 0 Å². The number of aryl methyl sites for hydroxylation is 1. The molecule has 0 radical (unpaired) electrons. The molecular weight excluding hydrogens is 513 g/mol. The predicted molar refractivity (Wildman–Crippen MR) is 152 cm³/mol. The number of ether oxygens (including phenoxy) is 1. The minimum Gasteiger partial charge on any atom is -0.494 e. The maximum Gasteiger partial charge on any atom is 0.253 e. The zero-order chi connectivity index (χ0) is 28.6. The van der Waals surface area contributed by atoms with E-state index in [1.165, 1.54) is 13.2 Å². The number of nitrogen functional groups attached to an aromatic ring is 1. The van der Waals surface area contributed by atoms with Gasteiger partial charge in [0.2, 0.25) is 5.91 Å².